The van der Waals surface area contributed by atoms with Gasteiger partial charge in [0.05, 0.1) is 30.8 Å². The van der Waals surface area contributed by atoms with Crippen LogP contribution in [0.25, 0.3) is 11.0 Å². The molecule has 0 radical (unpaired) electrons. The Hall–Kier alpha value is -2.24. The number of H-pyrrole nitrogens is 1. The summed E-state index contributed by atoms with van der Waals surface area (Å²) < 4.78 is 11.2. The molecular weight excluding hydrogens is 338 g/mol. The summed E-state index contributed by atoms with van der Waals surface area (Å²) in [6.45, 7) is 6.27. The van der Waals surface area contributed by atoms with Crippen molar-refractivity contribution in [1.82, 2.24) is 15.3 Å². The van der Waals surface area contributed by atoms with Crippen LogP contribution in [0, 0.1) is 0 Å². The van der Waals surface area contributed by atoms with E-state index in [0.717, 1.165) is 22.4 Å². The molecule has 0 aliphatic heterocycles. The molecule has 0 fully saturated rings. The van der Waals surface area contributed by atoms with E-state index >= 15 is 0 Å². The zero-order valence-electron chi connectivity index (χ0n) is 14.4. The number of aromatic nitrogens is 2. The average molecular weight is 360 g/mol. The van der Waals surface area contributed by atoms with Crippen LogP contribution in [0.3, 0.4) is 0 Å². The van der Waals surface area contributed by atoms with Crippen LogP contribution in [0.5, 0.6) is 11.5 Å². The van der Waals surface area contributed by atoms with Gasteiger partial charge in [-0.25, -0.2) is 4.98 Å². The number of nitrogens with one attached hydrogen (secondary N) is 2. The number of fused-ring (bicyclic) bond motifs is 1. The van der Waals surface area contributed by atoms with E-state index in [2.05, 4.69) is 15.3 Å². The number of halogens is 1. The first kappa shape index (κ1) is 17.6. The average Bonchev–Trinajstić information content (AvgIpc) is 3.01. The fourth-order valence-corrected chi connectivity index (χ4v) is 2.87. The lowest BCUT2D eigenvalue weighted by Gasteiger charge is -2.14. The van der Waals surface area contributed by atoms with E-state index in [0.29, 0.717) is 42.8 Å². The van der Waals surface area contributed by atoms with Crippen LogP contribution in [0.15, 0.2) is 36.4 Å². The smallest absolute Gasteiger partial charge is 0.162 e. The molecule has 0 aliphatic carbocycles. The van der Waals surface area contributed by atoms with Gasteiger partial charge in [0, 0.05) is 17.6 Å². The van der Waals surface area contributed by atoms with Crippen LogP contribution in [-0.2, 0) is 13.1 Å². The Morgan fingerprint density at radius 3 is 2.48 bits per heavy atom. The lowest BCUT2D eigenvalue weighted by Crippen LogP contribution is -2.14. The van der Waals surface area contributed by atoms with E-state index in [9.17, 15) is 0 Å². The molecule has 1 aromatic heterocycles. The molecule has 0 bridgehead atoms. The fraction of sp³-hybridized carbons (Fsp3) is 0.316. The van der Waals surface area contributed by atoms with Crippen molar-refractivity contribution in [2.45, 2.75) is 26.9 Å². The highest BCUT2D eigenvalue weighted by Gasteiger charge is 2.11. The highest BCUT2D eigenvalue weighted by atomic mass is 35.5. The third-order valence-electron chi connectivity index (χ3n) is 3.76. The van der Waals surface area contributed by atoms with Crippen molar-refractivity contribution in [1.29, 1.82) is 0 Å². The SMILES string of the molecule is CCOc1cc(Cl)c(CNCc2nc3ccccc3[nH]2)cc1OCC. The first-order valence-electron chi connectivity index (χ1n) is 8.43. The minimum absolute atomic E-state index is 0.569. The minimum Gasteiger partial charge on any atom is -0.490 e. The van der Waals surface area contributed by atoms with Crippen LogP contribution in [0.4, 0.5) is 0 Å². The quantitative estimate of drug-likeness (QED) is 0.629. The number of aromatic amines is 1. The van der Waals surface area contributed by atoms with Crippen LogP contribution in [-0.4, -0.2) is 23.2 Å². The van der Waals surface area contributed by atoms with Gasteiger partial charge in [-0.15, -0.1) is 0 Å². The second-order valence-corrected chi connectivity index (χ2v) is 5.97. The molecule has 6 heteroatoms. The minimum atomic E-state index is 0.569. The van der Waals surface area contributed by atoms with Gasteiger partial charge in [-0.3, -0.25) is 0 Å². The van der Waals surface area contributed by atoms with Gasteiger partial charge in [-0.1, -0.05) is 23.7 Å². The molecule has 5 nitrogen and oxygen atoms in total. The Labute approximate surface area is 152 Å². The maximum Gasteiger partial charge on any atom is 0.162 e. The molecule has 132 valence electrons. The van der Waals surface area contributed by atoms with Crippen molar-refractivity contribution in [3.63, 3.8) is 0 Å². The molecule has 3 rings (SSSR count). The van der Waals surface area contributed by atoms with Crippen molar-refractivity contribution in [3.05, 3.63) is 52.8 Å². The lowest BCUT2D eigenvalue weighted by molar-refractivity contribution is 0.287. The molecule has 0 spiro atoms. The Morgan fingerprint density at radius 2 is 1.76 bits per heavy atom. The molecule has 0 amide bonds. The molecule has 0 aliphatic rings. The van der Waals surface area contributed by atoms with Gasteiger partial charge >= 0.3 is 0 Å². The van der Waals surface area contributed by atoms with Gasteiger partial charge < -0.3 is 19.8 Å². The van der Waals surface area contributed by atoms with Crippen molar-refractivity contribution >= 4 is 22.6 Å². The van der Waals surface area contributed by atoms with E-state index in [-0.39, 0.29) is 0 Å². The Morgan fingerprint density at radius 1 is 1.04 bits per heavy atom. The zero-order chi connectivity index (χ0) is 17.6. The predicted molar refractivity (Wildman–Crippen MR) is 100 cm³/mol. The molecule has 0 saturated carbocycles. The molecule has 0 unspecified atom stereocenters. The molecule has 2 aromatic carbocycles. The van der Waals surface area contributed by atoms with Crippen molar-refractivity contribution in [2.24, 2.45) is 0 Å². The normalized spacial score (nSPS) is 11.0. The van der Waals surface area contributed by atoms with E-state index in [4.69, 9.17) is 21.1 Å². The monoisotopic (exact) mass is 359 g/mol. The summed E-state index contributed by atoms with van der Waals surface area (Å²) >= 11 is 6.38. The topological polar surface area (TPSA) is 59.2 Å². The lowest BCUT2D eigenvalue weighted by atomic mass is 10.2. The number of nitrogens with zero attached hydrogens (tertiary/aromatic N) is 1. The van der Waals surface area contributed by atoms with Crippen molar-refractivity contribution < 1.29 is 9.47 Å². The van der Waals surface area contributed by atoms with Crippen LogP contribution in [0.2, 0.25) is 5.02 Å². The number of para-hydroxylation sites is 2. The first-order valence-corrected chi connectivity index (χ1v) is 8.81. The van der Waals surface area contributed by atoms with Gasteiger partial charge in [0.15, 0.2) is 11.5 Å². The molecule has 0 saturated heterocycles. The highest BCUT2D eigenvalue weighted by molar-refractivity contribution is 6.31. The van der Waals surface area contributed by atoms with Gasteiger partial charge in [0.2, 0.25) is 0 Å². The second-order valence-electron chi connectivity index (χ2n) is 5.56. The van der Waals surface area contributed by atoms with E-state index in [1.165, 1.54) is 0 Å². The van der Waals surface area contributed by atoms with E-state index < -0.39 is 0 Å². The van der Waals surface area contributed by atoms with Crippen LogP contribution >= 0.6 is 11.6 Å². The third-order valence-corrected chi connectivity index (χ3v) is 4.11. The van der Waals surface area contributed by atoms with E-state index in [1.807, 2.05) is 50.2 Å². The number of imidazole rings is 1. The number of ether oxygens (including phenoxy) is 2. The summed E-state index contributed by atoms with van der Waals surface area (Å²) in [6, 6.07) is 11.7. The highest BCUT2D eigenvalue weighted by Crippen LogP contribution is 2.33. The fourth-order valence-electron chi connectivity index (χ4n) is 2.65. The maximum atomic E-state index is 6.38. The van der Waals surface area contributed by atoms with Gasteiger partial charge in [0.1, 0.15) is 5.82 Å². The van der Waals surface area contributed by atoms with Crippen LogP contribution in [0.1, 0.15) is 25.2 Å². The van der Waals surface area contributed by atoms with Gasteiger partial charge in [0.25, 0.3) is 0 Å². The summed E-state index contributed by atoms with van der Waals surface area (Å²) in [5, 5.41) is 4.02. The molecule has 2 N–H and O–H groups in total. The van der Waals surface area contributed by atoms with Crippen molar-refractivity contribution in [2.75, 3.05) is 13.2 Å². The largest absolute Gasteiger partial charge is 0.490 e. The number of rotatable bonds is 8. The first-order chi connectivity index (χ1) is 12.2. The van der Waals surface area contributed by atoms with E-state index in [1.54, 1.807) is 0 Å². The Kier molecular flexibility index (Phi) is 5.79. The van der Waals surface area contributed by atoms with Gasteiger partial charge in [-0.05, 0) is 37.6 Å². The number of hydrogen-bond acceptors (Lipinski definition) is 4. The predicted octanol–water partition coefficient (Wildman–Crippen LogP) is 4.30. The number of benzene rings is 2. The Balaban J connectivity index is 1.68. The van der Waals surface area contributed by atoms with Crippen molar-refractivity contribution in [3.8, 4) is 11.5 Å². The Bertz CT molecular complexity index is 815. The molecular formula is C19H22ClN3O2. The molecule has 3 aromatic rings. The van der Waals surface area contributed by atoms with Gasteiger partial charge in [-0.2, -0.15) is 0 Å². The number of hydrogen-bond donors (Lipinski definition) is 2. The summed E-state index contributed by atoms with van der Waals surface area (Å²) in [7, 11) is 0. The standard InChI is InChI=1S/C19H22ClN3O2/c1-3-24-17-9-13(14(20)10-18(17)25-4-2)11-21-12-19-22-15-7-5-6-8-16(15)23-19/h5-10,21H,3-4,11-12H2,1-2H3,(H,22,23). The summed E-state index contributed by atoms with van der Waals surface area (Å²) in [4.78, 5) is 7.86. The summed E-state index contributed by atoms with van der Waals surface area (Å²) in [6.07, 6.45) is 0. The molecule has 1 heterocycles. The second kappa shape index (κ2) is 8.23. The summed E-state index contributed by atoms with van der Waals surface area (Å²) in [5.74, 6) is 2.29. The third kappa shape index (κ3) is 4.24. The summed E-state index contributed by atoms with van der Waals surface area (Å²) in [5.41, 5.74) is 2.97. The molecule has 0 atom stereocenters. The molecule has 25 heavy (non-hydrogen) atoms. The maximum absolute atomic E-state index is 6.38. The van der Waals surface area contributed by atoms with Crippen LogP contribution < -0.4 is 14.8 Å². The zero-order valence-corrected chi connectivity index (χ0v) is 15.2.